The van der Waals surface area contributed by atoms with E-state index in [2.05, 4.69) is 334 Å². The Hall–Kier alpha value is -19.1. The monoisotopic (exact) mass is 1860 g/mol. The summed E-state index contributed by atoms with van der Waals surface area (Å²) in [4.78, 5) is 47.0. The summed E-state index contributed by atoms with van der Waals surface area (Å²) in [6.45, 7) is 0. The number of rotatable bonds is 13. The third-order valence-electron chi connectivity index (χ3n) is 27.9. The molecule has 19 aromatic carbocycles. The highest BCUT2D eigenvalue weighted by atomic mass is 31.2. The third kappa shape index (κ3) is 14.5. The van der Waals surface area contributed by atoms with Gasteiger partial charge in [0.2, 0.25) is 0 Å². The molecule has 0 aliphatic rings. The molecule has 0 aliphatic heterocycles. The van der Waals surface area contributed by atoms with E-state index in [4.69, 9.17) is 44.9 Å². The third-order valence-corrected chi connectivity index (χ3v) is 31.0. The highest BCUT2D eigenvalue weighted by Crippen LogP contribution is 2.48. The first-order valence-electron chi connectivity index (χ1n) is 48.2. The second-order valence-electron chi connectivity index (χ2n) is 36.2. The van der Waals surface area contributed by atoms with Crippen molar-refractivity contribution in [2.75, 3.05) is 4.90 Å². The molecule has 0 fully saturated rings. The van der Waals surface area contributed by atoms with Gasteiger partial charge in [-0.2, -0.15) is 0 Å². The van der Waals surface area contributed by atoms with Crippen LogP contribution in [-0.2, 0) is 4.57 Å². The molecule has 0 saturated carbocycles. The van der Waals surface area contributed by atoms with Gasteiger partial charge in [-0.3, -0.25) is 28.2 Å². The molecular weight excluding hydrogens is 1780 g/mol. The van der Waals surface area contributed by atoms with Crippen LogP contribution in [0.5, 0.6) is 0 Å². The molecule has 0 amide bonds. The largest absolute Gasteiger partial charge is 0.310 e. The molecule has 29 rings (SSSR count). The van der Waals surface area contributed by atoms with E-state index in [0.717, 1.165) is 220 Å². The topological polar surface area (TPSA) is 150 Å². The van der Waals surface area contributed by atoms with E-state index < -0.39 is 7.14 Å². The summed E-state index contributed by atoms with van der Waals surface area (Å²) >= 11 is 0. The molecule has 0 spiro atoms. The van der Waals surface area contributed by atoms with Crippen LogP contribution < -0.4 is 20.8 Å². The van der Waals surface area contributed by atoms with Crippen LogP contribution in [0.4, 0.5) is 17.1 Å². The molecule has 10 heterocycles. The highest BCUT2D eigenvalue weighted by molar-refractivity contribution is 7.85. The Labute approximate surface area is 826 Å². The molecule has 14 nitrogen and oxygen atoms in total. The second kappa shape index (κ2) is 35.1. The summed E-state index contributed by atoms with van der Waals surface area (Å²) in [6, 6.07) is 166. The average molecular weight is 1860 g/mol. The lowest BCUT2D eigenvalue weighted by Crippen LogP contribution is -2.24. The summed E-state index contributed by atoms with van der Waals surface area (Å²) in [7, 11) is -3.05. The SMILES string of the molecule is O=P(c1ccccc1)(c1ccccc1)c1ccc(-c2ccc3c4c(ccc5cccnc54)c4nc5ccccc5n4c3c2)cc1.c1ccc(-c2ccc(N(c3ccc(-c4ccccc4)cc3)c3ccc4c5c(ccc6cccnc65)c5nc6ccccc6n5c4c3)cc2)cc1.c1ccc(-c2nc(-c3ccccc3)nc(-c3ccc(-c4ccc5c6c(ccc7cccnc76)c6nc7ccccc7n6c5c4)cc3)n2)cc1. The number of pyridine rings is 6. The molecule has 10 aromatic heterocycles. The van der Waals surface area contributed by atoms with Crippen molar-refractivity contribution < 1.29 is 4.57 Å². The van der Waals surface area contributed by atoms with Gasteiger partial charge in [-0.1, -0.05) is 358 Å². The maximum Gasteiger partial charge on any atom is 0.171 e. The fourth-order valence-corrected chi connectivity index (χ4v) is 23.7. The number of nitrogens with zero attached hydrogens (tertiary/aromatic N) is 13. The van der Waals surface area contributed by atoms with Crippen LogP contribution >= 0.6 is 7.14 Å². The lowest BCUT2D eigenvalue weighted by Gasteiger charge is -2.26. The van der Waals surface area contributed by atoms with Crippen LogP contribution in [0, 0.1) is 0 Å². The molecule has 144 heavy (non-hydrogen) atoms. The first kappa shape index (κ1) is 84.2. The van der Waals surface area contributed by atoms with Crippen molar-refractivity contribution in [1.82, 2.24) is 58.1 Å². The normalized spacial score (nSPS) is 11.8. The maximum atomic E-state index is 14.9. The molecule has 15 heteroatoms. The summed E-state index contributed by atoms with van der Waals surface area (Å²) in [5, 5.41) is 15.8. The minimum absolute atomic E-state index is 0.634. The van der Waals surface area contributed by atoms with Crippen molar-refractivity contribution in [3.63, 3.8) is 0 Å². The zero-order chi connectivity index (χ0) is 95.3. The smallest absolute Gasteiger partial charge is 0.171 e. The van der Waals surface area contributed by atoms with E-state index in [1.807, 2.05) is 182 Å². The number of benzene rings is 19. The van der Waals surface area contributed by atoms with E-state index >= 15 is 0 Å². The molecule has 674 valence electrons. The molecule has 0 saturated heterocycles. The quantitative estimate of drug-likeness (QED) is 0.0802. The zero-order valence-corrected chi connectivity index (χ0v) is 78.4. The van der Waals surface area contributed by atoms with Gasteiger partial charge < -0.3 is 9.46 Å². The fraction of sp³-hybridized carbons (Fsp3) is 0. The van der Waals surface area contributed by atoms with Crippen molar-refractivity contribution in [1.29, 1.82) is 0 Å². The molecule has 0 bridgehead atoms. The van der Waals surface area contributed by atoms with Crippen LogP contribution in [0.25, 0.3) is 226 Å². The number of hydrogen-bond acceptors (Lipinski definition) is 11. The van der Waals surface area contributed by atoms with Gasteiger partial charge in [0.1, 0.15) is 16.9 Å². The van der Waals surface area contributed by atoms with Gasteiger partial charge in [0.25, 0.3) is 0 Å². The molecule has 0 radical (unpaired) electrons. The average Bonchev–Trinajstić information content (AvgIpc) is 1.48. The Bertz CT molecular complexity index is 9980. The van der Waals surface area contributed by atoms with Crippen molar-refractivity contribution in [3.05, 3.63) is 498 Å². The lowest BCUT2D eigenvalue weighted by atomic mass is 9.98. The summed E-state index contributed by atoms with van der Waals surface area (Å²) < 4.78 is 21.8. The fourth-order valence-electron chi connectivity index (χ4n) is 21.1. The Balaban J connectivity index is 0.000000108. The van der Waals surface area contributed by atoms with Crippen molar-refractivity contribution in [3.8, 4) is 78.7 Å². The van der Waals surface area contributed by atoms with Gasteiger partial charge in [-0.15, -0.1) is 0 Å². The molecule has 0 aliphatic carbocycles. The number of fused-ring (bicyclic) bond motifs is 30. The van der Waals surface area contributed by atoms with Crippen LogP contribution in [0.2, 0.25) is 0 Å². The molecule has 29 aromatic rings. The number of para-hydroxylation sites is 6. The molecule has 0 atom stereocenters. The van der Waals surface area contributed by atoms with E-state index in [1.54, 1.807) is 0 Å². The number of aromatic nitrogens is 12. The predicted molar refractivity (Wildman–Crippen MR) is 595 cm³/mol. The van der Waals surface area contributed by atoms with Crippen LogP contribution in [0.15, 0.2) is 498 Å². The molecule has 0 N–H and O–H groups in total. The minimum atomic E-state index is -3.05. The minimum Gasteiger partial charge on any atom is -0.310 e. The number of imidazole rings is 3. The van der Waals surface area contributed by atoms with Gasteiger partial charge in [0.15, 0.2) is 24.6 Å². The summed E-state index contributed by atoms with van der Waals surface area (Å²) in [5.41, 5.74) is 30.3. The van der Waals surface area contributed by atoms with Gasteiger partial charge in [-0.25, -0.2) is 29.9 Å². The Kier molecular flexibility index (Phi) is 20.5. The van der Waals surface area contributed by atoms with E-state index in [9.17, 15) is 4.57 Å². The first-order chi connectivity index (χ1) is 71.3. The maximum absolute atomic E-state index is 14.9. The van der Waals surface area contributed by atoms with E-state index in [0.29, 0.717) is 17.5 Å². The number of anilines is 3. The van der Waals surface area contributed by atoms with Gasteiger partial charge >= 0.3 is 0 Å². The Morgan fingerprint density at radius 2 is 0.458 bits per heavy atom. The Morgan fingerprint density at radius 1 is 0.194 bits per heavy atom. The highest BCUT2D eigenvalue weighted by Gasteiger charge is 2.31. The van der Waals surface area contributed by atoms with Crippen LogP contribution in [0.1, 0.15) is 0 Å². The van der Waals surface area contributed by atoms with Crippen molar-refractivity contribution in [2.45, 2.75) is 0 Å². The van der Waals surface area contributed by atoms with E-state index in [1.165, 1.54) is 22.3 Å². The summed E-state index contributed by atoms with van der Waals surface area (Å²) in [5.74, 6) is 1.93. The van der Waals surface area contributed by atoms with Gasteiger partial charge in [-0.05, 0) is 166 Å². The van der Waals surface area contributed by atoms with Crippen LogP contribution in [-0.4, -0.2) is 58.1 Å². The predicted octanol–water partition coefficient (Wildman–Crippen LogP) is 31.0. The first-order valence-corrected chi connectivity index (χ1v) is 49.9. The van der Waals surface area contributed by atoms with Gasteiger partial charge in [0, 0.05) is 133 Å². The van der Waals surface area contributed by atoms with Crippen molar-refractivity contribution in [2.24, 2.45) is 0 Å². The number of hydrogen-bond donors (Lipinski definition) is 0. The lowest BCUT2D eigenvalue weighted by molar-refractivity contribution is 0.592. The van der Waals surface area contributed by atoms with Gasteiger partial charge in [0.05, 0.1) is 66.2 Å². The van der Waals surface area contributed by atoms with Crippen molar-refractivity contribution >= 4 is 188 Å². The zero-order valence-electron chi connectivity index (χ0n) is 77.5. The van der Waals surface area contributed by atoms with E-state index in [-0.39, 0.29) is 0 Å². The van der Waals surface area contributed by atoms with Crippen LogP contribution in [0.3, 0.4) is 0 Å². The molecule has 0 unspecified atom stereocenters. The molecular formula is C129H82N13OP. The second-order valence-corrected chi connectivity index (χ2v) is 39.0. The summed E-state index contributed by atoms with van der Waals surface area (Å²) in [6.07, 6.45) is 5.61. The standard InChI is InChI=1S/C46H30N4.C43H26N6.C40H26N3OP/c1-3-10-31(11-4-1)33-17-22-36(23-18-33)49(37-24-19-34(20-25-37)32-12-5-2-6-13-32)38-26-28-39-43(30-38)50-42-16-8-7-15-41(42)48-46(50)40-27-21-35-14-9-29-47-45(35)44(39)40;1-3-10-29(11-4-1)40-46-41(30-12-5-2-6-13-30)48-42(47-40)31-19-17-27(18-20-31)32-22-23-33-37(26-32)49-36-16-8-7-15-35(36)45-43(49)34-24-21-28-14-9-25-44-39(28)38(33)34;44-45(30-11-3-1-4-12-30,31-13-5-2-6-14-31)32-21-17-27(18-22-32)29-20-23-33-37(26-29)43-36-16-8-7-15-35(36)42-40(43)34-24-19-28-10-9-25-41-39(28)38(33)34/h1-30H;1-26H;1-26H. The Morgan fingerprint density at radius 3 is 0.833 bits per heavy atom.